The Kier molecular flexibility index (Phi) is 5.82. The van der Waals surface area contributed by atoms with Crippen molar-refractivity contribution in [3.63, 3.8) is 0 Å². The van der Waals surface area contributed by atoms with Crippen LogP contribution in [0.15, 0.2) is 47.0 Å². The fraction of sp³-hybridized carbons (Fsp3) is 0.190. The van der Waals surface area contributed by atoms with Gasteiger partial charge in [-0.15, -0.1) is 0 Å². The number of aryl methyl sites for hydroxylation is 1. The Morgan fingerprint density at radius 3 is 2.24 bits per heavy atom. The van der Waals surface area contributed by atoms with Crippen LogP contribution in [-0.4, -0.2) is 38.4 Å². The number of methoxy groups -OCH3 is 3. The molecule has 0 aliphatic heterocycles. The Balaban J connectivity index is 1.90. The molecule has 8 nitrogen and oxygen atoms in total. The monoisotopic (exact) mass is 396 g/mol. The van der Waals surface area contributed by atoms with Gasteiger partial charge in [-0.05, 0) is 6.92 Å². The molecule has 0 aliphatic carbocycles. The number of aromatic nitrogens is 1. The average Bonchev–Trinajstić information content (AvgIpc) is 3.23. The van der Waals surface area contributed by atoms with Gasteiger partial charge in [0.1, 0.15) is 5.69 Å². The zero-order valence-electron chi connectivity index (χ0n) is 16.4. The summed E-state index contributed by atoms with van der Waals surface area (Å²) in [5.41, 5.74) is 2.75. The third-order valence-corrected chi connectivity index (χ3v) is 4.26. The zero-order chi connectivity index (χ0) is 21.0. The van der Waals surface area contributed by atoms with E-state index < -0.39 is 11.9 Å². The highest BCUT2D eigenvalue weighted by atomic mass is 16.5. The van der Waals surface area contributed by atoms with Gasteiger partial charge in [0.05, 0.1) is 32.6 Å². The van der Waals surface area contributed by atoms with Gasteiger partial charge in [0.2, 0.25) is 5.76 Å². The first-order valence-corrected chi connectivity index (χ1v) is 8.66. The van der Waals surface area contributed by atoms with Crippen molar-refractivity contribution in [3.05, 3.63) is 59.4 Å². The number of hydrogen-bond acceptors (Lipinski definition) is 7. The number of benzene rings is 2. The van der Waals surface area contributed by atoms with Crippen LogP contribution >= 0.6 is 0 Å². The van der Waals surface area contributed by atoms with E-state index in [1.165, 1.54) is 39.5 Å². The average molecular weight is 396 g/mol. The lowest BCUT2D eigenvalue weighted by Crippen LogP contribution is -2.15. The van der Waals surface area contributed by atoms with Crippen LogP contribution in [0.25, 0.3) is 11.3 Å². The predicted octanol–water partition coefficient (Wildman–Crippen LogP) is 3.71. The SMILES string of the molecule is COC(=O)c1cc(OC)c(OC)cc1NC(=O)c1cc(-c2ccc(C)cc2)no1. The van der Waals surface area contributed by atoms with Crippen molar-refractivity contribution < 1.29 is 28.3 Å². The first kappa shape index (κ1) is 19.9. The van der Waals surface area contributed by atoms with Crippen molar-refractivity contribution in [2.45, 2.75) is 6.92 Å². The summed E-state index contributed by atoms with van der Waals surface area (Å²) >= 11 is 0. The number of esters is 1. The molecule has 1 N–H and O–H groups in total. The molecule has 0 unspecified atom stereocenters. The molecule has 0 spiro atoms. The molecule has 3 rings (SSSR count). The molecule has 150 valence electrons. The summed E-state index contributed by atoms with van der Waals surface area (Å²) in [6.07, 6.45) is 0. The van der Waals surface area contributed by atoms with E-state index in [1.54, 1.807) is 0 Å². The number of nitrogens with one attached hydrogen (secondary N) is 1. The number of rotatable bonds is 6. The van der Waals surface area contributed by atoms with Crippen molar-refractivity contribution in [3.8, 4) is 22.8 Å². The molecule has 0 atom stereocenters. The van der Waals surface area contributed by atoms with Crippen molar-refractivity contribution in [1.29, 1.82) is 0 Å². The first-order chi connectivity index (χ1) is 14.0. The van der Waals surface area contributed by atoms with E-state index in [9.17, 15) is 9.59 Å². The molecular weight excluding hydrogens is 376 g/mol. The maximum atomic E-state index is 12.7. The quantitative estimate of drug-likeness (QED) is 0.634. The van der Waals surface area contributed by atoms with Crippen molar-refractivity contribution in [2.24, 2.45) is 0 Å². The van der Waals surface area contributed by atoms with Gasteiger partial charge >= 0.3 is 5.97 Å². The number of anilines is 1. The maximum absolute atomic E-state index is 12.7. The van der Waals surface area contributed by atoms with Gasteiger partial charge in [0, 0.05) is 23.8 Å². The van der Waals surface area contributed by atoms with E-state index in [4.69, 9.17) is 18.7 Å². The van der Waals surface area contributed by atoms with E-state index in [1.807, 2.05) is 31.2 Å². The Bertz CT molecular complexity index is 1040. The third-order valence-electron chi connectivity index (χ3n) is 4.26. The van der Waals surface area contributed by atoms with Crippen LogP contribution in [0, 0.1) is 6.92 Å². The molecule has 1 heterocycles. The molecule has 29 heavy (non-hydrogen) atoms. The van der Waals surface area contributed by atoms with E-state index in [-0.39, 0.29) is 17.0 Å². The molecule has 0 saturated heterocycles. The van der Waals surface area contributed by atoms with Gasteiger partial charge in [-0.3, -0.25) is 4.79 Å². The minimum absolute atomic E-state index is 0.00817. The van der Waals surface area contributed by atoms with Gasteiger partial charge < -0.3 is 24.1 Å². The summed E-state index contributed by atoms with van der Waals surface area (Å²) < 4.78 is 20.4. The number of carbonyl (C=O) groups is 2. The molecule has 0 bridgehead atoms. The van der Waals surface area contributed by atoms with Crippen LogP contribution < -0.4 is 14.8 Å². The van der Waals surface area contributed by atoms with Crippen molar-refractivity contribution >= 4 is 17.6 Å². The zero-order valence-corrected chi connectivity index (χ0v) is 16.4. The molecule has 0 aliphatic rings. The van der Waals surface area contributed by atoms with Crippen molar-refractivity contribution in [1.82, 2.24) is 5.16 Å². The normalized spacial score (nSPS) is 10.3. The van der Waals surface area contributed by atoms with Crippen LogP contribution in [0.5, 0.6) is 11.5 Å². The second-order valence-electron chi connectivity index (χ2n) is 6.14. The van der Waals surface area contributed by atoms with Crippen LogP contribution in [-0.2, 0) is 4.74 Å². The third kappa shape index (κ3) is 4.21. The number of nitrogens with zero attached hydrogens (tertiary/aromatic N) is 1. The topological polar surface area (TPSA) is 99.9 Å². The fourth-order valence-electron chi connectivity index (χ4n) is 2.69. The summed E-state index contributed by atoms with van der Waals surface area (Å²) in [7, 11) is 4.14. The number of ether oxygens (including phenoxy) is 3. The second-order valence-corrected chi connectivity index (χ2v) is 6.14. The standard InChI is InChI=1S/C21H20N2O6/c1-12-5-7-13(8-6-12)15-10-19(29-23-15)20(24)22-16-11-18(27-3)17(26-2)9-14(16)21(25)28-4/h5-11H,1-4H3,(H,22,24). The molecule has 0 saturated carbocycles. The fourth-order valence-corrected chi connectivity index (χ4v) is 2.69. The van der Waals surface area contributed by atoms with E-state index in [2.05, 4.69) is 10.5 Å². The number of amides is 1. The van der Waals surface area contributed by atoms with Crippen LogP contribution in [0.4, 0.5) is 5.69 Å². The lowest BCUT2D eigenvalue weighted by atomic mass is 10.1. The lowest BCUT2D eigenvalue weighted by molar-refractivity contribution is 0.0601. The highest BCUT2D eigenvalue weighted by molar-refractivity contribution is 6.07. The summed E-state index contributed by atoms with van der Waals surface area (Å²) in [5.74, 6) is -0.556. The van der Waals surface area contributed by atoms with Gasteiger partial charge in [-0.2, -0.15) is 0 Å². The molecule has 1 amide bonds. The summed E-state index contributed by atoms with van der Waals surface area (Å²) in [5, 5.41) is 6.57. The van der Waals surface area contributed by atoms with Crippen LogP contribution in [0.2, 0.25) is 0 Å². The van der Waals surface area contributed by atoms with Gasteiger partial charge in [0.15, 0.2) is 11.5 Å². The van der Waals surface area contributed by atoms with Crippen molar-refractivity contribution in [2.75, 3.05) is 26.6 Å². The van der Waals surface area contributed by atoms with Gasteiger partial charge in [-0.1, -0.05) is 35.0 Å². The Hall–Kier alpha value is -3.81. The van der Waals surface area contributed by atoms with Gasteiger partial charge in [0.25, 0.3) is 5.91 Å². The Morgan fingerprint density at radius 1 is 0.966 bits per heavy atom. The minimum Gasteiger partial charge on any atom is -0.493 e. The highest BCUT2D eigenvalue weighted by Crippen LogP contribution is 2.34. The van der Waals surface area contributed by atoms with E-state index >= 15 is 0 Å². The molecule has 1 aromatic heterocycles. The smallest absolute Gasteiger partial charge is 0.340 e. The molecule has 0 radical (unpaired) electrons. The number of carbonyl (C=O) groups excluding carboxylic acids is 2. The largest absolute Gasteiger partial charge is 0.493 e. The van der Waals surface area contributed by atoms with E-state index in [0.717, 1.165) is 11.1 Å². The molecular formula is C21H20N2O6. The molecule has 3 aromatic rings. The first-order valence-electron chi connectivity index (χ1n) is 8.66. The van der Waals surface area contributed by atoms with Gasteiger partial charge in [-0.25, -0.2) is 4.79 Å². The summed E-state index contributed by atoms with van der Waals surface area (Å²) in [6.45, 7) is 1.98. The number of hydrogen-bond donors (Lipinski definition) is 1. The Labute approximate surface area is 167 Å². The Morgan fingerprint density at radius 2 is 1.62 bits per heavy atom. The molecule has 2 aromatic carbocycles. The van der Waals surface area contributed by atoms with Crippen LogP contribution in [0.3, 0.4) is 0 Å². The van der Waals surface area contributed by atoms with E-state index in [0.29, 0.717) is 17.2 Å². The predicted molar refractivity (Wildman–Crippen MR) is 106 cm³/mol. The highest BCUT2D eigenvalue weighted by Gasteiger charge is 2.21. The second kappa shape index (κ2) is 8.47. The minimum atomic E-state index is -0.640. The maximum Gasteiger partial charge on any atom is 0.340 e. The lowest BCUT2D eigenvalue weighted by Gasteiger charge is -2.14. The molecule has 8 heteroatoms. The summed E-state index contributed by atoms with van der Waals surface area (Å²) in [6, 6.07) is 12.1. The summed E-state index contributed by atoms with van der Waals surface area (Å²) in [4.78, 5) is 24.8. The molecule has 0 fully saturated rings. The van der Waals surface area contributed by atoms with Crippen LogP contribution in [0.1, 0.15) is 26.5 Å².